The van der Waals surface area contributed by atoms with Crippen molar-refractivity contribution in [2.45, 2.75) is 13.8 Å². The first-order valence-corrected chi connectivity index (χ1v) is 7.62. The highest BCUT2D eigenvalue weighted by Gasteiger charge is 2.09. The molecule has 0 radical (unpaired) electrons. The highest BCUT2D eigenvalue weighted by Crippen LogP contribution is 2.22. The normalized spacial score (nSPS) is 9.64. The van der Waals surface area contributed by atoms with E-state index in [4.69, 9.17) is 0 Å². The van der Waals surface area contributed by atoms with E-state index in [1.807, 2.05) is 0 Å². The van der Waals surface area contributed by atoms with Crippen molar-refractivity contribution >= 4 is 43.2 Å². The Bertz CT molecular complexity index is 658. The molecule has 0 N–H and O–H groups in total. The lowest BCUT2D eigenvalue weighted by molar-refractivity contribution is -0.385. The molecule has 0 fully saturated rings. The van der Waals surface area contributed by atoms with E-state index in [-0.39, 0.29) is 21.2 Å². The molecule has 116 valence electrons. The van der Waals surface area contributed by atoms with E-state index >= 15 is 0 Å². The number of halogens is 2. The van der Waals surface area contributed by atoms with Crippen molar-refractivity contribution in [3.05, 3.63) is 76.7 Å². The predicted molar refractivity (Wildman–Crippen MR) is 91.1 cm³/mol. The molecule has 2 aromatic rings. The first kappa shape index (κ1) is 18.2. The average Bonchev–Trinajstić information content (AvgIpc) is 2.38. The molecule has 0 unspecified atom stereocenters. The number of nitro benzene ring substituents is 2. The van der Waals surface area contributed by atoms with Crippen LogP contribution in [-0.2, 0) is 0 Å². The molecule has 0 saturated carbocycles. The van der Waals surface area contributed by atoms with Gasteiger partial charge >= 0.3 is 0 Å². The fraction of sp³-hybridized carbons (Fsp3) is 0.143. The van der Waals surface area contributed by atoms with Crippen molar-refractivity contribution in [1.82, 2.24) is 0 Å². The molecule has 0 bridgehead atoms. The lowest BCUT2D eigenvalue weighted by Gasteiger charge is -1.95. The zero-order valence-electron chi connectivity index (χ0n) is 11.7. The van der Waals surface area contributed by atoms with Gasteiger partial charge in [-0.3, -0.25) is 20.2 Å². The molecule has 0 aliphatic carbocycles. The van der Waals surface area contributed by atoms with Crippen LogP contribution >= 0.6 is 31.9 Å². The van der Waals surface area contributed by atoms with Crippen molar-refractivity contribution in [3.8, 4) is 0 Å². The Morgan fingerprint density at radius 3 is 1.32 bits per heavy atom. The van der Waals surface area contributed by atoms with Gasteiger partial charge < -0.3 is 0 Å². The monoisotopic (exact) mass is 430 g/mol. The lowest BCUT2D eigenvalue weighted by Crippen LogP contribution is -1.90. The van der Waals surface area contributed by atoms with Crippen LogP contribution in [0, 0.1) is 34.1 Å². The fourth-order valence-corrected chi connectivity index (χ4v) is 2.60. The van der Waals surface area contributed by atoms with Crippen molar-refractivity contribution in [2.75, 3.05) is 0 Å². The summed E-state index contributed by atoms with van der Waals surface area (Å²) in [5.74, 6) is 0. The predicted octanol–water partition coefficient (Wildman–Crippen LogP) is 5.33. The molecular weight excluding hydrogens is 420 g/mol. The van der Waals surface area contributed by atoms with Crippen molar-refractivity contribution in [3.63, 3.8) is 0 Å². The van der Waals surface area contributed by atoms with Crippen LogP contribution in [0.15, 0.2) is 45.3 Å². The maximum atomic E-state index is 10.3. The Hall–Kier alpha value is -1.80. The first-order chi connectivity index (χ1) is 10.2. The van der Waals surface area contributed by atoms with Gasteiger partial charge in [0.25, 0.3) is 11.4 Å². The third-order valence-electron chi connectivity index (χ3n) is 2.71. The Balaban J connectivity index is 0.000000220. The van der Waals surface area contributed by atoms with E-state index in [9.17, 15) is 20.2 Å². The van der Waals surface area contributed by atoms with E-state index in [2.05, 4.69) is 31.9 Å². The van der Waals surface area contributed by atoms with E-state index in [0.717, 1.165) is 8.95 Å². The third kappa shape index (κ3) is 5.19. The summed E-state index contributed by atoms with van der Waals surface area (Å²) in [6, 6.07) is 9.73. The molecule has 8 heteroatoms. The number of hydrogen-bond acceptors (Lipinski definition) is 4. The molecule has 0 saturated heterocycles. The van der Waals surface area contributed by atoms with Crippen molar-refractivity contribution in [1.29, 1.82) is 0 Å². The summed E-state index contributed by atoms with van der Waals surface area (Å²) in [7, 11) is 0. The number of benzene rings is 2. The number of hydrogen-bond donors (Lipinski definition) is 0. The first-order valence-electron chi connectivity index (χ1n) is 6.03. The van der Waals surface area contributed by atoms with Crippen LogP contribution in [0.1, 0.15) is 11.1 Å². The second-order valence-corrected chi connectivity index (χ2v) is 6.21. The van der Waals surface area contributed by atoms with E-state index in [1.54, 1.807) is 38.1 Å². The standard InChI is InChI=1S/2C7H6BrNO2/c2*1-5-4-6(8)2-3-7(5)9(10)11/h2*2-4H,1H3. The van der Waals surface area contributed by atoms with E-state index in [0.29, 0.717) is 11.1 Å². The number of nitro groups is 2. The fourth-order valence-electron chi connectivity index (χ4n) is 1.65. The third-order valence-corrected chi connectivity index (χ3v) is 3.70. The summed E-state index contributed by atoms with van der Waals surface area (Å²) < 4.78 is 1.72. The second-order valence-electron chi connectivity index (χ2n) is 4.38. The molecule has 2 aromatic carbocycles. The van der Waals surface area contributed by atoms with Gasteiger partial charge in [0.05, 0.1) is 9.85 Å². The molecule has 0 aliphatic rings. The highest BCUT2D eigenvalue weighted by atomic mass is 79.9. The smallest absolute Gasteiger partial charge is 0.258 e. The number of aryl methyl sites for hydroxylation is 2. The number of nitrogens with zero attached hydrogens (tertiary/aromatic N) is 2. The Morgan fingerprint density at radius 1 is 0.773 bits per heavy atom. The molecule has 0 amide bonds. The van der Waals surface area contributed by atoms with Gasteiger partial charge in [0.2, 0.25) is 0 Å². The van der Waals surface area contributed by atoms with Gasteiger partial charge in [0.1, 0.15) is 0 Å². The molecule has 0 aromatic heterocycles. The maximum Gasteiger partial charge on any atom is 0.272 e. The molecule has 0 aliphatic heterocycles. The number of rotatable bonds is 2. The topological polar surface area (TPSA) is 86.3 Å². The molecular formula is C14H12Br2N2O4. The zero-order valence-corrected chi connectivity index (χ0v) is 14.9. The second kappa shape index (κ2) is 8.00. The largest absolute Gasteiger partial charge is 0.272 e. The highest BCUT2D eigenvalue weighted by molar-refractivity contribution is 9.10. The van der Waals surface area contributed by atoms with Crippen LogP contribution in [0.3, 0.4) is 0 Å². The molecule has 0 heterocycles. The van der Waals surface area contributed by atoms with Gasteiger partial charge in [-0.2, -0.15) is 0 Å². The van der Waals surface area contributed by atoms with Crippen LogP contribution in [0.2, 0.25) is 0 Å². The van der Waals surface area contributed by atoms with Gasteiger partial charge in [-0.25, -0.2) is 0 Å². The van der Waals surface area contributed by atoms with Gasteiger partial charge in [-0.05, 0) is 38.1 Å². The van der Waals surface area contributed by atoms with Crippen LogP contribution < -0.4 is 0 Å². The van der Waals surface area contributed by atoms with Crippen LogP contribution in [-0.4, -0.2) is 9.85 Å². The van der Waals surface area contributed by atoms with Gasteiger partial charge in [-0.15, -0.1) is 0 Å². The summed E-state index contributed by atoms with van der Waals surface area (Å²) >= 11 is 6.45. The molecule has 6 nitrogen and oxygen atoms in total. The van der Waals surface area contributed by atoms with Crippen LogP contribution in [0.5, 0.6) is 0 Å². The summed E-state index contributed by atoms with van der Waals surface area (Å²) in [6.45, 7) is 3.42. The van der Waals surface area contributed by atoms with Crippen LogP contribution in [0.25, 0.3) is 0 Å². The molecule has 22 heavy (non-hydrogen) atoms. The quantitative estimate of drug-likeness (QED) is 0.474. The zero-order chi connectivity index (χ0) is 16.9. The summed E-state index contributed by atoms with van der Waals surface area (Å²) in [5, 5.41) is 20.6. The van der Waals surface area contributed by atoms with Crippen LogP contribution in [0.4, 0.5) is 11.4 Å². The Kier molecular flexibility index (Phi) is 6.63. The minimum atomic E-state index is -0.387. The summed E-state index contributed by atoms with van der Waals surface area (Å²) in [6.07, 6.45) is 0. The van der Waals surface area contributed by atoms with E-state index < -0.39 is 0 Å². The Morgan fingerprint density at radius 2 is 1.09 bits per heavy atom. The summed E-state index contributed by atoms with van der Waals surface area (Å²) in [5.41, 5.74) is 1.66. The SMILES string of the molecule is Cc1cc(Br)ccc1[N+](=O)[O-].Cc1cc(Br)ccc1[N+](=O)[O-]. The van der Waals surface area contributed by atoms with Crippen molar-refractivity contribution in [2.24, 2.45) is 0 Å². The molecule has 2 rings (SSSR count). The van der Waals surface area contributed by atoms with Gasteiger partial charge in [0, 0.05) is 32.2 Å². The minimum absolute atomic E-state index is 0.160. The average molecular weight is 432 g/mol. The lowest BCUT2D eigenvalue weighted by atomic mass is 10.2. The van der Waals surface area contributed by atoms with E-state index in [1.165, 1.54) is 12.1 Å². The van der Waals surface area contributed by atoms with Gasteiger partial charge in [0.15, 0.2) is 0 Å². The summed E-state index contributed by atoms with van der Waals surface area (Å²) in [4.78, 5) is 19.9. The van der Waals surface area contributed by atoms with Gasteiger partial charge in [-0.1, -0.05) is 31.9 Å². The Labute approximate surface area is 143 Å². The molecule has 0 spiro atoms. The molecule has 0 atom stereocenters. The van der Waals surface area contributed by atoms with Crippen molar-refractivity contribution < 1.29 is 9.85 Å². The minimum Gasteiger partial charge on any atom is -0.258 e. The maximum absolute atomic E-state index is 10.3.